The second-order valence-corrected chi connectivity index (χ2v) is 14.6. The van der Waals surface area contributed by atoms with E-state index in [1.54, 1.807) is 19.9 Å². The van der Waals surface area contributed by atoms with Gasteiger partial charge in [0.05, 0.1) is 5.41 Å². The summed E-state index contributed by atoms with van der Waals surface area (Å²) < 4.78 is 141. The molecule has 0 amide bonds. The maximum absolute atomic E-state index is 14.7. The van der Waals surface area contributed by atoms with Crippen molar-refractivity contribution in [3.63, 3.8) is 0 Å². The first-order valence-electron chi connectivity index (χ1n) is 15.7. The zero-order valence-electron chi connectivity index (χ0n) is 28.2. The van der Waals surface area contributed by atoms with Gasteiger partial charge >= 0.3 is 30.1 Å². The van der Waals surface area contributed by atoms with Crippen LogP contribution in [0.4, 0.5) is 39.5 Å². The fourth-order valence-corrected chi connectivity index (χ4v) is 6.01. The summed E-state index contributed by atoms with van der Waals surface area (Å²) >= 11 is 0.944. The van der Waals surface area contributed by atoms with Crippen LogP contribution >= 0.6 is 11.3 Å². The number of benzene rings is 2. The lowest BCUT2D eigenvalue weighted by Crippen LogP contribution is -2.59. The second-order valence-electron chi connectivity index (χ2n) is 13.5. The van der Waals surface area contributed by atoms with Crippen LogP contribution in [-0.4, -0.2) is 54.9 Å². The van der Waals surface area contributed by atoms with E-state index in [4.69, 9.17) is 16.2 Å². The van der Waals surface area contributed by atoms with Gasteiger partial charge in [-0.15, -0.1) is 24.5 Å². The molecule has 0 radical (unpaired) electrons. The van der Waals surface area contributed by atoms with E-state index in [1.165, 1.54) is 38.1 Å². The van der Waals surface area contributed by atoms with Gasteiger partial charge in [0.25, 0.3) is 0 Å². The van der Waals surface area contributed by atoms with E-state index >= 15 is 0 Å². The van der Waals surface area contributed by atoms with Gasteiger partial charge in [-0.05, 0) is 94.3 Å². The van der Waals surface area contributed by atoms with Gasteiger partial charge in [-0.2, -0.15) is 26.3 Å². The summed E-state index contributed by atoms with van der Waals surface area (Å²) in [6.07, 6.45) is -1.84. The van der Waals surface area contributed by atoms with E-state index in [2.05, 4.69) is 9.47 Å². The molecule has 6 nitrogen and oxygen atoms in total. The smallest absolute Gasteiger partial charge is 0.487 e. The predicted octanol–water partition coefficient (Wildman–Crippen LogP) is 9.51. The molecule has 3 rings (SSSR count). The summed E-state index contributed by atoms with van der Waals surface area (Å²) in [4.78, 5) is 12.8. The van der Waals surface area contributed by atoms with Crippen molar-refractivity contribution < 1.29 is 58.5 Å². The molecule has 3 aromatic rings. The third kappa shape index (κ3) is 10.2. The van der Waals surface area contributed by atoms with Crippen LogP contribution in [0.5, 0.6) is 11.5 Å². The molecule has 1 heterocycles. The van der Waals surface area contributed by atoms with E-state index in [-0.39, 0.29) is 12.0 Å². The number of fused-ring (bicyclic) bond motifs is 1. The molecule has 1 atom stereocenters. The van der Waals surface area contributed by atoms with Gasteiger partial charge in [-0.1, -0.05) is 25.8 Å². The molecule has 2 aromatic carbocycles. The van der Waals surface area contributed by atoms with Crippen molar-refractivity contribution in [2.75, 3.05) is 13.2 Å². The molecule has 280 valence electrons. The van der Waals surface area contributed by atoms with Crippen molar-refractivity contribution in [2.45, 2.75) is 102 Å². The summed E-state index contributed by atoms with van der Waals surface area (Å²) in [6.45, 7) is 3.06. The molecule has 1 aromatic heterocycles. The number of carbonyl (C=O) groups is 1. The molecule has 0 spiro atoms. The number of ether oxygens (including phenoxy) is 3. The first kappa shape index (κ1) is 41.2. The second kappa shape index (κ2) is 15.2. The molecule has 0 bridgehead atoms. The van der Waals surface area contributed by atoms with Crippen LogP contribution in [0.2, 0.25) is 0 Å². The molecule has 4 N–H and O–H groups in total. The lowest BCUT2D eigenvalue weighted by atomic mass is 9.79. The summed E-state index contributed by atoms with van der Waals surface area (Å²) in [7, 11) is 0. The highest BCUT2D eigenvalue weighted by molar-refractivity contribution is 7.22. The van der Waals surface area contributed by atoms with Gasteiger partial charge in [0, 0.05) is 26.7 Å². The number of hydrogen-bond acceptors (Lipinski definition) is 7. The molecule has 0 saturated heterocycles. The highest BCUT2D eigenvalue weighted by Crippen LogP contribution is 2.47. The lowest BCUT2D eigenvalue weighted by molar-refractivity contribution is -0.322. The molecule has 16 heteroatoms. The van der Waals surface area contributed by atoms with Gasteiger partial charge in [0.15, 0.2) is 13.2 Å². The van der Waals surface area contributed by atoms with Gasteiger partial charge in [-0.25, -0.2) is 0 Å². The Balaban J connectivity index is 1.76. The fraction of sp³-hybridized carbons (Fsp3) is 0.559. The van der Waals surface area contributed by atoms with E-state index in [1.807, 2.05) is 6.92 Å². The van der Waals surface area contributed by atoms with Gasteiger partial charge in [0.1, 0.15) is 11.5 Å². The largest absolute Gasteiger partial charge is 0.573 e. The average molecular weight is 745 g/mol. The number of esters is 1. The Kier molecular flexibility index (Phi) is 12.5. The highest BCUT2D eigenvalue weighted by Gasteiger charge is 2.72. The molecular formula is C34H41F9N2O4S. The minimum Gasteiger partial charge on any atom is -0.487 e. The molecule has 50 heavy (non-hydrogen) atoms. The monoisotopic (exact) mass is 744 g/mol. The summed E-state index contributed by atoms with van der Waals surface area (Å²) in [5, 5.41) is 0.449. The number of nitrogens with two attached hydrogens (primary N) is 2. The quantitative estimate of drug-likeness (QED) is 0.0813. The van der Waals surface area contributed by atoms with E-state index in [0.717, 1.165) is 42.7 Å². The van der Waals surface area contributed by atoms with Crippen molar-refractivity contribution >= 4 is 27.4 Å². The molecule has 0 fully saturated rings. The van der Waals surface area contributed by atoms with Crippen molar-refractivity contribution in [1.29, 1.82) is 0 Å². The fourth-order valence-electron chi connectivity index (χ4n) is 4.89. The maximum Gasteiger partial charge on any atom is 0.573 e. The first-order valence-corrected chi connectivity index (χ1v) is 16.5. The number of hydrogen-bond donors (Lipinski definition) is 2. The molecule has 1 unspecified atom stereocenters. The Morgan fingerprint density at radius 1 is 0.860 bits per heavy atom. The Labute approximate surface area is 288 Å². The SMILES string of the molecule is CCCCCc1ccc(-c2cc3ccc(OCC(F)(F)C(F)(F)C(F)(F)COC(=O)C(C)(C)C(N)CC(C)(C)N)cc3s2)c(OC(F)(F)F)c1. The van der Waals surface area contributed by atoms with Crippen LogP contribution in [0.15, 0.2) is 42.5 Å². The Morgan fingerprint density at radius 2 is 1.50 bits per heavy atom. The molecule has 0 aliphatic carbocycles. The van der Waals surface area contributed by atoms with Crippen molar-refractivity contribution in [1.82, 2.24) is 0 Å². The number of alkyl halides is 9. The standard InChI is InChI=1S/C34H41F9N2O4S/c1-6-7-8-9-20-10-13-23(24(14-20)49-34(41,42)43)26-15-21-11-12-22(16-25(21)50-26)47-18-31(35,36)33(39,40)32(37,38)19-48-28(46)30(4,5)27(44)17-29(2,3)45/h10-16,27H,6-9,17-19,44-45H2,1-5H3. The first-order chi connectivity index (χ1) is 22.8. The highest BCUT2D eigenvalue weighted by atomic mass is 32.1. The Hall–Kier alpha value is -3.24. The number of carbonyl (C=O) groups excluding carboxylic acids is 1. The minimum atomic E-state index is -6.02. The summed E-state index contributed by atoms with van der Waals surface area (Å²) in [5.41, 5.74) is 10.0. The molecule has 0 saturated carbocycles. The minimum absolute atomic E-state index is 0.0233. The summed E-state index contributed by atoms with van der Waals surface area (Å²) in [5.74, 6) is -19.2. The number of thiophene rings is 1. The van der Waals surface area contributed by atoms with Gasteiger partial charge in [0.2, 0.25) is 0 Å². The van der Waals surface area contributed by atoms with Gasteiger partial charge < -0.3 is 25.7 Å². The van der Waals surface area contributed by atoms with Gasteiger partial charge in [-0.3, -0.25) is 4.79 Å². The van der Waals surface area contributed by atoms with Crippen LogP contribution in [0.3, 0.4) is 0 Å². The molecule has 0 aliphatic heterocycles. The predicted molar refractivity (Wildman–Crippen MR) is 173 cm³/mol. The van der Waals surface area contributed by atoms with Crippen LogP contribution in [0.25, 0.3) is 20.5 Å². The van der Waals surface area contributed by atoms with E-state index in [0.29, 0.717) is 26.9 Å². The van der Waals surface area contributed by atoms with Crippen molar-refractivity contribution in [2.24, 2.45) is 16.9 Å². The third-order valence-electron chi connectivity index (χ3n) is 8.02. The van der Waals surface area contributed by atoms with Crippen LogP contribution in [-0.2, 0) is 16.0 Å². The maximum atomic E-state index is 14.7. The number of rotatable bonds is 17. The molecular weight excluding hydrogens is 703 g/mol. The van der Waals surface area contributed by atoms with E-state index < -0.39 is 71.8 Å². The Bertz CT molecular complexity index is 1620. The topological polar surface area (TPSA) is 96.8 Å². The van der Waals surface area contributed by atoms with Crippen LogP contribution in [0, 0.1) is 5.41 Å². The average Bonchev–Trinajstić information content (AvgIpc) is 3.40. The lowest BCUT2D eigenvalue weighted by Gasteiger charge is -2.35. The number of halogens is 9. The van der Waals surface area contributed by atoms with Crippen molar-refractivity contribution in [3.05, 3.63) is 48.0 Å². The van der Waals surface area contributed by atoms with Crippen molar-refractivity contribution in [3.8, 4) is 21.9 Å². The van der Waals surface area contributed by atoms with Crippen LogP contribution < -0.4 is 20.9 Å². The Morgan fingerprint density at radius 3 is 2.10 bits per heavy atom. The zero-order chi connectivity index (χ0) is 37.9. The number of aryl methyl sites for hydroxylation is 1. The van der Waals surface area contributed by atoms with Crippen LogP contribution in [0.1, 0.15) is 65.9 Å². The number of unbranched alkanes of at least 4 members (excludes halogenated alkanes) is 2. The van der Waals surface area contributed by atoms with E-state index in [9.17, 15) is 44.3 Å². The summed E-state index contributed by atoms with van der Waals surface area (Å²) in [6, 6.07) is 8.55. The third-order valence-corrected chi connectivity index (χ3v) is 9.15. The normalized spacial score (nSPS) is 14.2. The molecule has 0 aliphatic rings. The zero-order valence-corrected chi connectivity index (χ0v) is 29.0.